The molecule has 1 fully saturated rings. The second-order valence-corrected chi connectivity index (χ2v) is 4.48. The van der Waals surface area contributed by atoms with Crippen molar-refractivity contribution in [2.24, 2.45) is 0 Å². The predicted octanol–water partition coefficient (Wildman–Crippen LogP) is 1.56. The van der Waals surface area contributed by atoms with Gasteiger partial charge in [0.25, 0.3) is 0 Å². The summed E-state index contributed by atoms with van der Waals surface area (Å²) in [6, 6.07) is 3.48. The van der Waals surface area contributed by atoms with Crippen molar-refractivity contribution in [2.75, 3.05) is 31.1 Å². The number of anilines is 1. The van der Waals surface area contributed by atoms with Crippen molar-refractivity contribution >= 4 is 5.69 Å². The minimum atomic E-state index is -0.616. The third kappa shape index (κ3) is 2.44. The summed E-state index contributed by atoms with van der Waals surface area (Å²) in [5, 5.41) is 7.41. The van der Waals surface area contributed by atoms with Gasteiger partial charge < -0.3 is 10.2 Å². The lowest BCUT2D eigenvalue weighted by molar-refractivity contribution is 0.573. The van der Waals surface area contributed by atoms with Gasteiger partial charge in [0.15, 0.2) is 5.82 Å². The minimum Gasteiger partial charge on any atom is -0.366 e. The average Bonchev–Trinajstić information content (AvgIpc) is 2.89. The van der Waals surface area contributed by atoms with Crippen molar-refractivity contribution in [3.63, 3.8) is 0 Å². The molecule has 1 saturated heterocycles. The molecule has 2 aromatic rings. The Balaban J connectivity index is 1.87. The first-order valence-electron chi connectivity index (χ1n) is 6.20. The smallest absolute Gasteiger partial charge is 0.151 e. The van der Waals surface area contributed by atoms with E-state index in [4.69, 9.17) is 0 Å². The van der Waals surface area contributed by atoms with Crippen molar-refractivity contribution in [1.29, 1.82) is 0 Å². The molecular weight excluding hydrogens is 250 g/mol. The highest BCUT2D eigenvalue weighted by molar-refractivity contribution is 5.46. The van der Waals surface area contributed by atoms with Crippen LogP contribution in [-0.2, 0) is 0 Å². The lowest BCUT2D eigenvalue weighted by Crippen LogP contribution is -2.43. The molecule has 6 heteroatoms. The Kier molecular flexibility index (Phi) is 3.16. The van der Waals surface area contributed by atoms with Gasteiger partial charge in [0.05, 0.1) is 18.1 Å². The number of rotatable bonds is 2. The molecule has 0 amide bonds. The van der Waals surface area contributed by atoms with Gasteiger partial charge in [-0.2, -0.15) is 5.10 Å². The molecule has 0 saturated carbocycles. The van der Waals surface area contributed by atoms with E-state index in [0.717, 1.165) is 37.9 Å². The van der Waals surface area contributed by atoms with E-state index in [0.29, 0.717) is 0 Å². The van der Waals surface area contributed by atoms with Crippen LogP contribution in [0.15, 0.2) is 30.6 Å². The Labute approximate surface area is 109 Å². The molecule has 19 heavy (non-hydrogen) atoms. The van der Waals surface area contributed by atoms with Crippen molar-refractivity contribution in [3.05, 3.63) is 42.2 Å². The summed E-state index contributed by atoms with van der Waals surface area (Å²) in [6.45, 7) is 3.65. The summed E-state index contributed by atoms with van der Waals surface area (Å²) in [7, 11) is 0. The van der Waals surface area contributed by atoms with E-state index in [1.165, 1.54) is 16.8 Å². The van der Waals surface area contributed by atoms with Gasteiger partial charge >= 0.3 is 0 Å². The summed E-state index contributed by atoms with van der Waals surface area (Å²) in [4.78, 5) is 2.18. The largest absolute Gasteiger partial charge is 0.366 e. The van der Waals surface area contributed by atoms with Crippen LogP contribution in [0.5, 0.6) is 0 Å². The third-order valence-electron chi connectivity index (χ3n) is 3.21. The van der Waals surface area contributed by atoms with Crippen LogP contribution in [-0.4, -0.2) is 36.0 Å². The van der Waals surface area contributed by atoms with Crippen LogP contribution in [0, 0.1) is 11.6 Å². The maximum Gasteiger partial charge on any atom is 0.151 e. The molecule has 2 heterocycles. The summed E-state index contributed by atoms with van der Waals surface area (Å²) in [6.07, 6.45) is 3.47. The highest BCUT2D eigenvalue weighted by Gasteiger charge is 2.14. The van der Waals surface area contributed by atoms with Crippen LogP contribution >= 0.6 is 0 Å². The fourth-order valence-corrected chi connectivity index (χ4v) is 2.20. The predicted molar refractivity (Wildman–Crippen MR) is 68.6 cm³/mol. The number of nitrogens with zero attached hydrogens (tertiary/aromatic N) is 3. The zero-order valence-electron chi connectivity index (χ0n) is 10.3. The molecule has 0 bridgehead atoms. The number of piperazine rings is 1. The van der Waals surface area contributed by atoms with E-state index >= 15 is 0 Å². The lowest BCUT2D eigenvalue weighted by Gasteiger charge is -2.27. The summed E-state index contributed by atoms with van der Waals surface area (Å²) in [5.41, 5.74) is 1.20. The van der Waals surface area contributed by atoms with Crippen LogP contribution in [0.25, 0.3) is 5.69 Å². The summed E-state index contributed by atoms with van der Waals surface area (Å²) < 4.78 is 28.0. The molecule has 1 aliphatic heterocycles. The zero-order chi connectivity index (χ0) is 13.2. The standard InChI is InChI=1S/C13H14F2N4/c14-10-1-2-13(12(15)7-10)19-9-11(8-17-19)18-5-3-16-4-6-18/h1-2,7-9,16H,3-6H2. The maximum absolute atomic E-state index is 13.7. The van der Waals surface area contributed by atoms with Crippen molar-refractivity contribution in [3.8, 4) is 5.69 Å². The monoisotopic (exact) mass is 264 g/mol. The van der Waals surface area contributed by atoms with Crippen LogP contribution < -0.4 is 10.2 Å². The molecule has 0 aliphatic carbocycles. The Morgan fingerprint density at radius 2 is 1.95 bits per heavy atom. The van der Waals surface area contributed by atoms with E-state index < -0.39 is 11.6 Å². The second kappa shape index (κ2) is 4.97. The first-order valence-corrected chi connectivity index (χ1v) is 6.20. The molecule has 1 aliphatic rings. The van der Waals surface area contributed by atoms with Gasteiger partial charge in [0.1, 0.15) is 11.5 Å². The molecule has 1 aromatic heterocycles. The van der Waals surface area contributed by atoms with E-state index in [1.54, 1.807) is 12.4 Å². The van der Waals surface area contributed by atoms with Crippen molar-refractivity contribution < 1.29 is 8.78 Å². The number of hydrogen-bond acceptors (Lipinski definition) is 3. The van der Waals surface area contributed by atoms with E-state index in [9.17, 15) is 8.78 Å². The Morgan fingerprint density at radius 3 is 2.68 bits per heavy atom. The summed E-state index contributed by atoms with van der Waals surface area (Å²) >= 11 is 0. The van der Waals surface area contributed by atoms with Crippen LogP contribution in [0.3, 0.4) is 0 Å². The Bertz CT molecular complexity index is 576. The van der Waals surface area contributed by atoms with Crippen LogP contribution in [0.1, 0.15) is 0 Å². The molecule has 1 N–H and O–H groups in total. The number of benzene rings is 1. The Hall–Kier alpha value is -1.95. The van der Waals surface area contributed by atoms with E-state index in [1.807, 2.05) is 0 Å². The normalized spacial score (nSPS) is 15.8. The molecule has 100 valence electrons. The van der Waals surface area contributed by atoms with E-state index in [-0.39, 0.29) is 5.69 Å². The lowest BCUT2D eigenvalue weighted by atomic mass is 10.3. The molecule has 4 nitrogen and oxygen atoms in total. The fourth-order valence-electron chi connectivity index (χ4n) is 2.20. The quantitative estimate of drug-likeness (QED) is 0.893. The topological polar surface area (TPSA) is 33.1 Å². The molecule has 0 unspecified atom stereocenters. The highest BCUT2D eigenvalue weighted by Crippen LogP contribution is 2.19. The van der Waals surface area contributed by atoms with Gasteiger partial charge in [-0.25, -0.2) is 13.5 Å². The number of halogens is 2. The molecule has 0 radical (unpaired) electrons. The number of nitrogens with one attached hydrogen (secondary N) is 1. The fraction of sp³-hybridized carbons (Fsp3) is 0.308. The van der Waals surface area contributed by atoms with Gasteiger partial charge in [-0.3, -0.25) is 0 Å². The highest BCUT2D eigenvalue weighted by atomic mass is 19.1. The van der Waals surface area contributed by atoms with Crippen LogP contribution in [0.4, 0.5) is 14.5 Å². The van der Waals surface area contributed by atoms with Gasteiger partial charge in [0.2, 0.25) is 0 Å². The molecule has 3 rings (SSSR count). The third-order valence-corrected chi connectivity index (χ3v) is 3.21. The first-order chi connectivity index (χ1) is 9.24. The average molecular weight is 264 g/mol. The zero-order valence-corrected chi connectivity index (χ0v) is 10.3. The number of hydrogen-bond donors (Lipinski definition) is 1. The Morgan fingerprint density at radius 1 is 1.16 bits per heavy atom. The SMILES string of the molecule is Fc1ccc(-n2cc(N3CCNCC3)cn2)c(F)c1. The molecule has 1 aromatic carbocycles. The molecule has 0 atom stereocenters. The second-order valence-electron chi connectivity index (χ2n) is 4.48. The van der Waals surface area contributed by atoms with Gasteiger partial charge in [-0.05, 0) is 12.1 Å². The first kappa shape index (κ1) is 12.1. The van der Waals surface area contributed by atoms with Crippen LogP contribution in [0.2, 0.25) is 0 Å². The van der Waals surface area contributed by atoms with E-state index in [2.05, 4.69) is 15.3 Å². The number of aromatic nitrogens is 2. The van der Waals surface area contributed by atoms with Gasteiger partial charge in [-0.15, -0.1) is 0 Å². The maximum atomic E-state index is 13.7. The van der Waals surface area contributed by atoms with Gasteiger partial charge in [0, 0.05) is 32.2 Å². The van der Waals surface area contributed by atoms with Crippen molar-refractivity contribution in [2.45, 2.75) is 0 Å². The summed E-state index contributed by atoms with van der Waals surface area (Å²) in [5.74, 6) is -1.20. The molecular formula is C13H14F2N4. The molecule has 0 spiro atoms. The van der Waals surface area contributed by atoms with Crippen molar-refractivity contribution in [1.82, 2.24) is 15.1 Å². The van der Waals surface area contributed by atoms with Gasteiger partial charge in [-0.1, -0.05) is 0 Å². The minimum absolute atomic E-state index is 0.253.